The van der Waals surface area contributed by atoms with Gasteiger partial charge in [0.05, 0.1) is 17.7 Å². The molecule has 0 bridgehead atoms. The molecule has 3 heterocycles. The molecule has 0 radical (unpaired) electrons. The lowest BCUT2D eigenvalue weighted by atomic mass is 9.97. The van der Waals surface area contributed by atoms with Crippen LogP contribution in [0.25, 0.3) is 16.7 Å². The highest BCUT2D eigenvalue weighted by Crippen LogP contribution is 2.35. The van der Waals surface area contributed by atoms with Gasteiger partial charge in [-0.1, -0.05) is 15.9 Å². The van der Waals surface area contributed by atoms with E-state index in [2.05, 4.69) is 64.5 Å². The second-order valence-corrected chi connectivity index (χ2v) is 9.83. The van der Waals surface area contributed by atoms with E-state index in [4.69, 9.17) is 19.4 Å². The Bertz CT molecular complexity index is 1160. The summed E-state index contributed by atoms with van der Waals surface area (Å²) in [6.45, 7) is 10.6. The number of halogens is 1. The number of rotatable bonds is 6. The first kappa shape index (κ1) is 23.7. The van der Waals surface area contributed by atoms with Gasteiger partial charge in [0, 0.05) is 30.9 Å². The van der Waals surface area contributed by atoms with Gasteiger partial charge >= 0.3 is 5.97 Å². The van der Waals surface area contributed by atoms with Crippen LogP contribution in [0.15, 0.2) is 22.8 Å². The summed E-state index contributed by atoms with van der Waals surface area (Å²) < 4.78 is 13.5. The number of carbonyl (C=O) groups is 1. The van der Waals surface area contributed by atoms with Crippen molar-refractivity contribution < 1.29 is 14.3 Å². The molecule has 176 valence electrons. The van der Waals surface area contributed by atoms with Crippen LogP contribution in [-0.2, 0) is 14.3 Å². The van der Waals surface area contributed by atoms with Gasteiger partial charge < -0.3 is 18.9 Å². The number of aromatic nitrogens is 3. The number of aryl methyl sites for hydroxylation is 4. The first-order chi connectivity index (χ1) is 15.8. The summed E-state index contributed by atoms with van der Waals surface area (Å²) in [4.78, 5) is 23.7. The van der Waals surface area contributed by atoms with Crippen LogP contribution in [0, 0.1) is 33.6 Å². The van der Waals surface area contributed by atoms with E-state index in [1.165, 1.54) is 18.2 Å². The van der Waals surface area contributed by atoms with Gasteiger partial charge in [-0.25, -0.2) is 14.8 Å². The number of fused-ring (bicyclic) bond motifs is 1. The Labute approximate surface area is 203 Å². The standard InChI is InChI=1S/C25H31BrN4O3/c1-15-10-20(26)11-16(2)23(15)30-12-17(3)22-24(27-18(4)28-25(22)30)29-8-6-19(7-9-29)13-33-21(31)14-32-5/h10-12,19H,6-9,13-14H2,1-5H3. The lowest BCUT2D eigenvalue weighted by molar-refractivity contribution is -0.149. The second kappa shape index (κ2) is 9.81. The quantitative estimate of drug-likeness (QED) is 0.439. The number of hydrogen-bond acceptors (Lipinski definition) is 6. The molecule has 2 aromatic heterocycles. The second-order valence-electron chi connectivity index (χ2n) is 8.91. The van der Waals surface area contributed by atoms with E-state index in [9.17, 15) is 4.79 Å². The van der Waals surface area contributed by atoms with Crippen molar-refractivity contribution in [2.75, 3.05) is 38.3 Å². The Morgan fingerprint density at radius 3 is 2.39 bits per heavy atom. The van der Waals surface area contributed by atoms with Crippen LogP contribution in [0.1, 0.15) is 35.4 Å². The summed E-state index contributed by atoms with van der Waals surface area (Å²) in [5, 5.41) is 1.10. The number of carbonyl (C=O) groups excluding carboxylic acids is 1. The molecule has 0 amide bonds. The first-order valence-corrected chi connectivity index (χ1v) is 12.1. The zero-order valence-corrected chi connectivity index (χ0v) is 21.5. The molecule has 0 saturated carbocycles. The maximum atomic E-state index is 11.6. The fourth-order valence-corrected chi connectivity index (χ4v) is 5.44. The van der Waals surface area contributed by atoms with Crippen LogP contribution in [0.4, 0.5) is 5.82 Å². The van der Waals surface area contributed by atoms with Crippen LogP contribution in [0.3, 0.4) is 0 Å². The van der Waals surface area contributed by atoms with Crippen LogP contribution in [0.5, 0.6) is 0 Å². The molecule has 0 atom stereocenters. The number of nitrogens with zero attached hydrogens (tertiary/aromatic N) is 4. The molecule has 0 spiro atoms. The highest BCUT2D eigenvalue weighted by Gasteiger charge is 2.25. The van der Waals surface area contributed by atoms with Crippen LogP contribution in [0.2, 0.25) is 0 Å². The molecule has 33 heavy (non-hydrogen) atoms. The molecule has 1 aliphatic rings. The van der Waals surface area contributed by atoms with Crippen molar-refractivity contribution in [3.8, 4) is 5.69 Å². The van der Waals surface area contributed by atoms with Crippen LogP contribution >= 0.6 is 15.9 Å². The zero-order chi connectivity index (χ0) is 23.7. The minimum atomic E-state index is -0.302. The van der Waals surface area contributed by atoms with E-state index in [1.54, 1.807) is 0 Å². The van der Waals surface area contributed by atoms with Gasteiger partial charge in [-0.05, 0) is 75.3 Å². The Kier molecular flexibility index (Phi) is 7.05. The Morgan fingerprint density at radius 2 is 1.76 bits per heavy atom. The number of hydrogen-bond donors (Lipinski definition) is 0. The molecule has 1 aliphatic heterocycles. The van der Waals surface area contributed by atoms with E-state index >= 15 is 0 Å². The summed E-state index contributed by atoms with van der Waals surface area (Å²) in [5.41, 5.74) is 5.66. The molecule has 1 aromatic carbocycles. The smallest absolute Gasteiger partial charge is 0.332 e. The van der Waals surface area contributed by atoms with Crippen molar-refractivity contribution in [3.05, 3.63) is 45.3 Å². The average Bonchev–Trinajstić information content (AvgIpc) is 3.07. The Hall–Kier alpha value is -2.45. The lowest BCUT2D eigenvalue weighted by Gasteiger charge is -2.33. The molecule has 4 rings (SSSR count). The topological polar surface area (TPSA) is 69.5 Å². The number of piperidine rings is 1. The van der Waals surface area contributed by atoms with Crippen molar-refractivity contribution in [2.45, 2.75) is 40.5 Å². The molecular formula is C25H31BrN4O3. The number of benzene rings is 1. The molecule has 1 saturated heterocycles. The van der Waals surface area contributed by atoms with Gasteiger partial charge in [0.15, 0.2) is 5.65 Å². The monoisotopic (exact) mass is 514 g/mol. The van der Waals surface area contributed by atoms with E-state index in [-0.39, 0.29) is 12.6 Å². The minimum Gasteiger partial charge on any atom is -0.464 e. The SMILES string of the molecule is COCC(=O)OCC1CCN(c2nc(C)nc3c2c(C)cn3-c2c(C)cc(Br)cc2C)CC1. The summed E-state index contributed by atoms with van der Waals surface area (Å²) in [5.74, 6) is 1.82. The predicted octanol–water partition coefficient (Wildman–Crippen LogP) is 4.82. The van der Waals surface area contributed by atoms with Gasteiger partial charge in [-0.2, -0.15) is 0 Å². The Balaban J connectivity index is 1.63. The number of anilines is 1. The van der Waals surface area contributed by atoms with Gasteiger partial charge in [-0.3, -0.25) is 0 Å². The maximum absolute atomic E-state index is 11.6. The third kappa shape index (κ3) is 4.92. The molecule has 0 N–H and O–H groups in total. The van der Waals surface area contributed by atoms with E-state index in [0.717, 1.165) is 64.3 Å². The fourth-order valence-electron chi connectivity index (χ4n) is 4.75. The van der Waals surface area contributed by atoms with Gasteiger partial charge in [0.2, 0.25) is 0 Å². The minimum absolute atomic E-state index is 0.00458. The summed E-state index contributed by atoms with van der Waals surface area (Å²) in [6, 6.07) is 4.28. The van der Waals surface area contributed by atoms with Gasteiger partial charge in [-0.15, -0.1) is 0 Å². The summed E-state index contributed by atoms with van der Waals surface area (Å²) >= 11 is 3.61. The molecule has 0 aliphatic carbocycles. The lowest BCUT2D eigenvalue weighted by Crippen LogP contribution is -2.36. The average molecular weight is 515 g/mol. The van der Waals surface area contributed by atoms with Crippen molar-refractivity contribution in [2.24, 2.45) is 5.92 Å². The maximum Gasteiger partial charge on any atom is 0.332 e. The highest BCUT2D eigenvalue weighted by molar-refractivity contribution is 9.10. The normalized spacial score (nSPS) is 14.8. The van der Waals surface area contributed by atoms with E-state index in [1.807, 2.05) is 6.92 Å². The predicted molar refractivity (Wildman–Crippen MR) is 133 cm³/mol. The molecule has 8 heteroatoms. The van der Waals surface area contributed by atoms with Crippen LogP contribution in [-0.4, -0.2) is 53.9 Å². The van der Waals surface area contributed by atoms with E-state index in [0.29, 0.717) is 12.5 Å². The molecule has 3 aromatic rings. The summed E-state index contributed by atoms with van der Waals surface area (Å²) in [7, 11) is 1.50. The Morgan fingerprint density at radius 1 is 1.09 bits per heavy atom. The van der Waals surface area contributed by atoms with Crippen molar-refractivity contribution in [1.29, 1.82) is 0 Å². The van der Waals surface area contributed by atoms with Crippen molar-refractivity contribution in [3.63, 3.8) is 0 Å². The van der Waals surface area contributed by atoms with Crippen LogP contribution < -0.4 is 4.90 Å². The number of esters is 1. The van der Waals surface area contributed by atoms with Gasteiger partial charge in [0.25, 0.3) is 0 Å². The number of methoxy groups -OCH3 is 1. The van der Waals surface area contributed by atoms with Crippen molar-refractivity contribution in [1.82, 2.24) is 14.5 Å². The molecule has 7 nitrogen and oxygen atoms in total. The third-order valence-corrected chi connectivity index (χ3v) is 6.74. The largest absolute Gasteiger partial charge is 0.464 e. The number of ether oxygens (including phenoxy) is 2. The van der Waals surface area contributed by atoms with E-state index < -0.39 is 0 Å². The first-order valence-electron chi connectivity index (χ1n) is 11.3. The molecule has 0 unspecified atom stereocenters. The third-order valence-electron chi connectivity index (χ3n) is 6.28. The zero-order valence-electron chi connectivity index (χ0n) is 19.9. The summed E-state index contributed by atoms with van der Waals surface area (Å²) in [6.07, 6.45) is 4.08. The molecule has 1 fully saturated rings. The fraction of sp³-hybridized carbons (Fsp3) is 0.480. The van der Waals surface area contributed by atoms with Crippen molar-refractivity contribution >= 4 is 38.8 Å². The molecular weight excluding hydrogens is 484 g/mol. The van der Waals surface area contributed by atoms with Gasteiger partial charge in [0.1, 0.15) is 18.2 Å². The highest BCUT2D eigenvalue weighted by atomic mass is 79.9.